The second kappa shape index (κ2) is 6.78. The fourth-order valence-corrected chi connectivity index (χ4v) is 2.78. The van der Waals surface area contributed by atoms with E-state index in [2.05, 4.69) is 10.3 Å². The number of halogens is 4. The van der Waals surface area contributed by atoms with Crippen LogP contribution in [-0.4, -0.2) is 15.5 Å². The average molecular weight is 384 g/mol. The Morgan fingerprint density at radius 1 is 1.16 bits per heavy atom. The highest BCUT2D eigenvalue weighted by atomic mass is 35.5. The van der Waals surface area contributed by atoms with Gasteiger partial charge in [0.2, 0.25) is 5.91 Å². The summed E-state index contributed by atoms with van der Waals surface area (Å²) >= 11 is 11.9. The Morgan fingerprint density at radius 3 is 2.64 bits per heavy atom. The lowest BCUT2D eigenvalue weighted by atomic mass is 10.2. The predicted octanol–water partition coefficient (Wildman–Crippen LogP) is 3.62. The first-order valence-corrected chi connectivity index (χ1v) is 7.70. The molecule has 128 valence electrons. The summed E-state index contributed by atoms with van der Waals surface area (Å²) in [6, 6.07) is 5.80. The van der Waals surface area contributed by atoms with Gasteiger partial charge in [0.1, 0.15) is 6.54 Å². The number of benzene rings is 2. The maximum absolute atomic E-state index is 13.2. The van der Waals surface area contributed by atoms with Crippen LogP contribution in [0, 0.1) is 11.6 Å². The molecule has 5 nitrogen and oxygen atoms in total. The number of hydrogen-bond donors (Lipinski definition) is 1. The molecule has 1 amide bonds. The fourth-order valence-electron chi connectivity index (χ4n) is 2.24. The lowest BCUT2D eigenvalue weighted by Gasteiger charge is -2.09. The Balaban J connectivity index is 1.87. The summed E-state index contributed by atoms with van der Waals surface area (Å²) in [4.78, 5) is 28.5. The Hall–Kier alpha value is -2.51. The second-order valence-corrected chi connectivity index (χ2v) is 5.98. The van der Waals surface area contributed by atoms with Crippen molar-refractivity contribution < 1.29 is 13.6 Å². The Bertz CT molecular complexity index is 1050. The number of hydrogen-bond acceptors (Lipinski definition) is 3. The van der Waals surface area contributed by atoms with Gasteiger partial charge in [0.25, 0.3) is 5.56 Å². The molecule has 2 aromatic carbocycles. The van der Waals surface area contributed by atoms with Crippen LogP contribution < -0.4 is 10.9 Å². The summed E-state index contributed by atoms with van der Waals surface area (Å²) in [5.74, 6) is -2.73. The van der Waals surface area contributed by atoms with Gasteiger partial charge < -0.3 is 5.32 Å². The van der Waals surface area contributed by atoms with Crippen molar-refractivity contribution in [2.75, 3.05) is 5.32 Å². The summed E-state index contributed by atoms with van der Waals surface area (Å²) in [6.07, 6.45) is 1.18. The number of carbonyl (C=O) groups excluding carboxylic acids is 1. The molecule has 1 N–H and O–H groups in total. The number of anilines is 1. The molecule has 1 heterocycles. The first-order valence-electron chi connectivity index (χ1n) is 6.94. The highest BCUT2D eigenvalue weighted by Gasteiger charge is 2.12. The molecule has 0 aliphatic carbocycles. The molecule has 0 aliphatic heterocycles. The number of fused-ring (bicyclic) bond motifs is 1. The molecule has 3 aromatic rings. The predicted molar refractivity (Wildman–Crippen MR) is 91.0 cm³/mol. The Kier molecular flexibility index (Phi) is 4.69. The summed E-state index contributed by atoms with van der Waals surface area (Å²) in [7, 11) is 0. The summed E-state index contributed by atoms with van der Waals surface area (Å²) in [5.41, 5.74) is -0.167. The van der Waals surface area contributed by atoms with E-state index in [1.807, 2.05) is 0 Å². The van der Waals surface area contributed by atoms with Crippen molar-refractivity contribution in [1.29, 1.82) is 0 Å². The summed E-state index contributed by atoms with van der Waals surface area (Å²) < 4.78 is 27.1. The Labute approximate surface area is 149 Å². The fraction of sp³-hybridized carbons (Fsp3) is 0.0625. The van der Waals surface area contributed by atoms with Gasteiger partial charge in [-0.25, -0.2) is 13.8 Å². The highest BCUT2D eigenvalue weighted by molar-refractivity contribution is 6.38. The molecular formula is C16H9Cl2F2N3O2. The van der Waals surface area contributed by atoms with Crippen molar-refractivity contribution >= 4 is 45.7 Å². The lowest BCUT2D eigenvalue weighted by molar-refractivity contribution is -0.116. The van der Waals surface area contributed by atoms with Gasteiger partial charge >= 0.3 is 0 Å². The third-order valence-electron chi connectivity index (χ3n) is 3.36. The third kappa shape index (κ3) is 3.62. The topological polar surface area (TPSA) is 64.0 Å². The van der Waals surface area contributed by atoms with Gasteiger partial charge in [-0.1, -0.05) is 23.2 Å². The molecule has 0 saturated heterocycles. The number of nitrogens with zero attached hydrogens (tertiary/aromatic N) is 2. The minimum absolute atomic E-state index is 0.0665. The maximum Gasteiger partial charge on any atom is 0.261 e. The van der Waals surface area contributed by atoms with Gasteiger partial charge in [0.05, 0.1) is 22.3 Å². The largest absolute Gasteiger partial charge is 0.324 e. The van der Waals surface area contributed by atoms with Gasteiger partial charge in [-0.3, -0.25) is 14.2 Å². The van der Waals surface area contributed by atoms with E-state index < -0.39 is 23.1 Å². The van der Waals surface area contributed by atoms with Crippen molar-refractivity contribution in [1.82, 2.24) is 9.55 Å². The molecule has 0 unspecified atom stereocenters. The zero-order valence-electron chi connectivity index (χ0n) is 12.4. The van der Waals surface area contributed by atoms with Crippen LogP contribution in [0.25, 0.3) is 10.9 Å². The molecule has 3 rings (SSSR count). The molecule has 0 aliphatic rings. The van der Waals surface area contributed by atoms with E-state index in [0.29, 0.717) is 0 Å². The average Bonchev–Trinajstić information content (AvgIpc) is 2.54. The maximum atomic E-state index is 13.2. The number of rotatable bonds is 3. The smallest absolute Gasteiger partial charge is 0.261 e. The van der Waals surface area contributed by atoms with Crippen LogP contribution in [-0.2, 0) is 11.3 Å². The molecule has 1 aromatic heterocycles. The standard InChI is InChI=1S/C16H9Cl2F2N3O2/c17-8-3-10-15(11(18)4-8)21-7-23(16(10)25)6-14(24)22-9-1-2-12(19)13(20)5-9/h1-5,7H,6H2,(H,22,24). The van der Waals surface area contributed by atoms with Crippen molar-refractivity contribution in [3.05, 3.63) is 68.7 Å². The van der Waals surface area contributed by atoms with Gasteiger partial charge in [-0.2, -0.15) is 0 Å². The molecule has 25 heavy (non-hydrogen) atoms. The van der Waals surface area contributed by atoms with Gasteiger partial charge in [-0.15, -0.1) is 0 Å². The summed E-state index contributed by atoms with van der Waals surface area (Å²) in [5, 5.41) is 3.02. The lowest BCUT2D eigenvalue weighted by Crippen LogP contribution is -2.28. The zero-order valence-corrected chi connectivity index (χ0v) is 13.9. The van der Waals surface area contributed by atoms with Crippen LogP contribution >= 0.6 is 23.2 Å². The normalized spacial score (nSPS) is 10.9. The molecular weight excluding hydrogens is 375 g/mol. The number of nitrogens with one attached hydrogen (secondary N) is 1. The van der Waals surface area contributed by atoms with E-state index >= 15 is 0 Å². The SMILES string of the molecule is O=C(Cn1cnc2c(Cl)cc(Cl)cc2c1=O)Nc1ccc(F)c(F)c1. The van der Waals surface area contributed by atoms with Gasteiger partial charge in [-0.05, 0) is 24.3 Å². The van der Waals surface area contributed by atoms with Crippen LogP contribution in [0.2, 0.25) is 10.0 Å². The van der Waals surface area contributed by atoms with E-state index in [0.717, 1.165) is 16.7 Å². The van der Waals surface area contributed by atoms with E-state index in [1.165, 1.54) is 24.5 Å². The van der Waals surface area contributed by atoms with Crippen molar-refractivity contribution in [2.24, 2.45) is 0 Å². The van der Waals surface area contributed by atoms with Crippen LogP contribution in [0.5, 0.6) is 0 Å². The van der Waals surface area contributed by atoms with E-state index in [-0.39, 0.29) is 33.2 Å². The first-order chi connectivity index (χ1) is 11.8. The van der Waals surface area contributed by atoms with Gasteiger partial charge in [0.15, 0.2) is 11.6 Å². The van der Waals surface area contributed by atoms with E-state index in [9.17, 15) is 18.4 Å². The highest BCUT2D eigenvalue weighted by Crippen LogP contribution is 2.24. The molecule has 0 atom stereocenters. The first kappa shape index (κ1) is 17.3. The minimum Gasteiger partial charge on any atom is -0.324 e. The summed E-state index contributed by atoms with van der Waals surface area (Å²) in [6.45, 7) is -0.370. The third-order valence-corrected chi connectivity index (χ3v) is 3.87. The van der Waals surface area contributed by atoms with E-state index in [1.54, 1.807) is 0 Å². The van der Waals surface area contributed by atoms with Gasteiger partial charge in [0, 0.05) is 16.8 Å². The zero-order chi connectivity index (χ0) is 18.1. The van der Waals surface area contributed by atoms with Crippen molar-refractivity contribution in [3.8, 4) is 0 Å². The monoisotopic (exact) mass is 383 g/mol. The van der Waals surface area contributed by atoms with Crippen molar-refractivity contribution in [2.45, 2.75) is 6.54 Å². The molecule has 0 spiro atoms. The van der Waals surface area contributed by atoms with Crippen LogP contribution in [0.4, 0.5) is 14.5 Å². The molecule has 0 radical (unpaired) electrons. The molecule has 0 fully saturated rings. The minimum atomic E-state index is -1.09. The van der Waals surface area contributed by atoms with Crippen molar-refractivity contribution in [3.63, 3.8) is 0 Å². The van der Waals surface area contributed by atoms with Crippen LogP contribution in [0.15, 0.2) is 41.5 Å². The van der Waals surface area contributed by atoms with Crippen LogP contribution in [0.3, 0.4) is 0 Å². The number of carbonyl (C=O) groups is 1. The molecule has 9 heteroatoms. The Morgan fingerprint density at radius 2 is 1.92 bits per heavy atom. The molecule has 0 bridgehead atoms. The van der Waals surface area contributed by atoms with Crippen LogP contribution in [0.1, 0.15) is 0 Å². The number of amides is 1. The quantitative estimate of drug-likeness (QED) is 0.750. The van der Waals surface area contributed by atoms with E-state index in [4.69, 9.17) is 23.2 Å². The molecule has 0 saturated carbocycles. The second-order valence-electron chi connectivity index (χ2n) is 5.14. The number of aromatic nitrogens is 2.